The third kappa shape index (κ3) is 3.82. The fourth-order valence-corrected chi connectivity index (χ4v) is 1.22. The molecule has 1 aromatic carbocycles. The van der Waals surface area contributed by atoms with Gasteiger partial charge in [-0.05, 0) is 17.6 Å². The number of rotatable bonds is 3. The van der Waals surface area contributed by atoms with Crippen LogP contribution in [0.25, 0.3) is 0 Å². The first-order valence-electron chi connectivity index (χ1n) is 4.44. The van der Waals surface area contributed by atoms with E-state index in [1.165, 1.54) is 0 Å². The second-order valence-electron chi connectivity index (χ2n) is 3.30. The Kier molecular flexibility index (Phi) is 4.13. The van der Waals surface area contributed by atoms with Crippen molar-refractivity contribution in [2.24, 2.45) is 0 Å². The lowest BCUT2D eigenvalue weighted by Crippen LogP contribution is -2.34. The van der Waals surface area contributed by atoms with Crippen molar-refractivity contribution in [3.63, 3.8) is 0 Å². The predicted octanol–water partition coefficient (Wildman–Crippen LogP) is 1.23. The van der Waals surface area contributed by atoms with E-state index in [9.17, 15) is 30.7 Å². The van der Waals surface area contributed by atoms with Crippen molar-refractivity contribution in [1.82, 2.24) is 0 Å². The molecule has 0 amide bonds. The maximum absolute atomic E-state index is 13.2. The molecule has 0 radical (unpaired) electrons. The highest BCUT2D eigenvalue weighted by molar-refractivity contribution is 6.58. The van der Waals surface area contributed by atoms with E-state index in [0.29, 0.717) is 0 Å². The molecule has 0 aliphatic carbocycles. The average Bonchev–Trinajstić information content (AvgIpc) is 2.10. The second kappa shape index (κ2) is 4.98. The minimum atomic E-state index is -5.82. The smallest absolute Gasteiger partial charge is 0.423 e. The van der Waals surface area contributed by atoms with Gasteiger partial charge in [-0.15, -0.1) is 13.2 Å². The van der Waals surface area contributed by atoms with Crippen molar-refractivity contribution >= 4 is 12.6 Å². The van der Waals surface area contributed by atoms with E-state index in [1.807, 2.05) is 0 Å². The Balaban J connectivity index is 3.28. The molecular weight excluding hydrogens is 288 g/mol. The van der Waals surface area contributed by atoms with E-state index in [2.05, 4.69) is 4.74 Å². The molecular formula is C8H4BF7O3. The zero-order valence-corrected chi connectivity index (χ0v) is 8.68. The van der Waals surface area contributed by atoms with Gasteiger partial charge in [0.1, 0.15) is 17.2 Å². The predicted molar refractivity (Wildman–Crippen MR) is 47.2 cm³/mol. The third-order valence-corrected chi connectivity index (χ3v) is 1.90. The average molecular weight is 292 g/mol. The van der Waals surface area contributed by atoms with Gasteiger partial charge >= 0.3 is 19.6 Å². The van der Waals surface area contributed by atoms with Gasteiger partial charge in [-0.2, -0.15) is 8.78 Å². The van der Waals surface area contributed by atoms with E-state index >= 15 is 0 Å². The molecule has 0 saturated carbocycles. The van der Waals surface area contributed by atoms with Crippen LogP contribution in [0.5, 0.6) is 0 Å². The van der Waals surface area contributed by atoms with Gasteiger partial charge in [-0.25, -0.2) is 13.5 Å². The molecule has 0 aliphatic rings. The molecule has 106 valence electrons. The van der Waals surface area contributed by atoms with Crippen molar-refractivity contribution in [3.05, 3.63) is 29.3 Å². The molecule has 11 heteroatoms. The van der Waals surface area contributed by atoms with Gasteiger partial charge in [0, 0.05) is 0 Å². The van der Waals surface area contributed by atoms with Crippen LogP contribution in [0.3, 0.4) is 0 Å². The van der Waals surface area contributed by atoms with Crippen LogP contribution in [0.15, 0.2) is 12.1 Å². The molecule has 0 unspecified atom stereocenters. The highest BCUT2D eigenvalue weighted by atomic mass is 19.4. The molecule has 2 N–H and O–H groups in total. The summed E-state index contributed by atoms with van der Waals surface area (Å²) in [4.78, 5) is 0. The second-order valence-corrected chi connectivity index (χ2v) is 3.30. The maximum Gasteiger partial charge on any atom is 0.527 e. The molecule has 0 saturated heterocycles. The highest BCUT2D eigenvalue weighted by Gasteiger charge is 2.49. The molecule has 19 heavy (non-hydrogen) atoms. The van der Waals surface area contributed by atoms with Crippen LogP contribution in [-0.4, -0.2) is 23.5 Å². The fraction of sp³-hybridized carbons (Fsp3) is 0.250. The van der Waals surface area contributed by atoms with Crippen molar-refractivity contribution in [2.45, 2.75) is 12.5 Å². The van der Waals surface area contributed by atoms with E-state index in [0.717, 1.165) is 0 Å². The summed E-state index contributed by atoms with van der Waals surface area (Å²) in [5, 5.41) is 17.2. The van der Waals surface area contributed by atoms with Gasteiger partial charge in [0.05, 0.1) is 0 Å². The van der Waals surface area contributed by atoms with Crippen LogP contribution in [0.4, 0.5) is 30.7 Å². The summed E-state index contributed by atoms with van der Waals surface area (Å²) in [6, 6.07) is 0.105. The van der Waals surface area contributed by atoms with Gasteiger partial charge in [0.15, 0.2) is 0 Å². The molecule has 0 atom stereocenters. The number of alkyl halides is 5. The van der Waals surface area contributed by atoms with E-state index < -0.39 is 42.3 Å². The normalized spacial score (nSPS) is 12.7. The zero-order valence-electron chi connectivity index (χ0n) is 8.68. The summed E-state index contributed by atoms with van der Waals surface area (Å²) in [6.45, 7) is 0. The van der Waals surface area contributed by atoms with Crippen LogP contribution in [0.2, 0.25) is 0 Å². The van der Waals surface area contributed by atoms with Crippen molar-refractivity contribution in [1.29, 1.82) is 0 Å². The number of hydrogen-bond donors (Lipinski definition) is 2. The lowest BCUT2D eigenvalue weighted by molar-refractivity contribution is -0.432. The molecule has 0 bridgehead atoms. The lowest BCUT2D eigenvalue weighted by Gasteiger charge is -2.20. The first-order valence-corrected chi connectivity index (χ1v) is 4.44. The van der Waals surface area contributed by atoms with Crippen LogP contribution >= 0.6 is 0 Å². The summed E-state index contributed by atoms with van der Waals surface area (Å²) in [5.74, 6) is -4.23. The van der Waals surface area contributed by atoms with Gasteiger partial charge in [0.25, 0.3) is 0 Å². The Morgan fingerprint density at radius 3 is 1.68 bits per heavy atom. The Bertz CT molecular complexity index is 451. The quantitative estimate of drug-likeness (QED) is 0.651. The third-order valence-electron chi connectivity index (χ3n) is 1.90. The highest BCUT2D eigenvalue weighted by Crippen LogP contribution is 2.38. The van der Waals surface area contributed by atoms with Gasteiger partial charge in [0.2, 0.25) is 0 Å². The molecule has 1 rings (SSSR count). The molecule has 0 fully saturated rings. The summed E-state index contributed by atoms with van der Waals surface area (Å²) < 4.78 is 89.6. The fourth-order valence-electron chi connectivity index (χ4n) is 1.22. The van der Waals surface area contributed by atoms with Crippen molar-refractivity contribution < 1.29 is 45.5 Å². The molecule has 0 aromatic heterocycles. The molecule has 0 heterocycles. The standard InChI is InChI=1S/C8H4BF7O3/c10-4-1-3(9(17)18)2-5(11)6(4)7(12,13)19-8(14,15)16/h1-2,17-18H. The number of halogens is 7. The Morgan fingerprint density at radius 1 is 0.947 bits per heavy atom. The van der Waals surface area contributed by atoms with Gasteiger partial charge in [-0.3, -0.25) is 0 Å². The van der Waals surface area contributed by atoms with Gasteiger partial charge < -0.3 is 10.0 Å². The monoisotopic (exact) mass is 292 g/mol. The maximum atomic E-state index is 13.2. The minimum absolute atomic E-state index is 0.0523. The lowest BCUT2D eigenvalue weighted by atomic mass is 9.79. The van der Waals surface area contributed by atoms with Crippen molar-refractivity contribution in [2.75, 3.05) is 0 Å². The number of benzene rings is 1. The summed E-state index contributed by atoms with van der Waals surface area (Å²) in [5.41, 5.74) is -3.13. The van der Waals surface area contributed by atoms with Crippen molar-refractivity contribution in [3.8, 4) is 0 Å². The van der Waals surface area contributed by atoms with Crippen LogP contribution in [0.1, 0.15) is 5.56 Å². The first-order chi connectivity index (χ1) is 8.44. The largest absolute Gasteiger partial charge is 0.527 e. The van der Waals surface area contributed by atoms with E-state index in [1.54, 1.807) is 0 Å². The van der Waals surface area contributed by atoms with E-state index in [-0.39, 0.29) is 12.1 Å². The van der Waals surface area contributed by atoms with Crippen LogP contribution in [-0.2, 0) is 10.8 Å². The summed E-state index contributed by atoms with van der Waals surface area (Å²) in [7, 11) is -2.38. The first kappa shape index (κ1) is 15.7. The topological polar surface area (TPSA) is 49.7 Å². The molecule has 0 spiro atoms. The molecule has 0 aliphatic heterocycles. The van der Waals surface area contributed by atoms with E-state index in [4.69, 9.17) is 10.0 Å². The van der Waals surface area contributed by atoms with Gasteiger partial charge in [-0.1, -0.05) is 0 Å². The summed E-state index contributed by atoms with van der Waals surface area (Å²) >= 11 is 0. The summed E-state index contributed by atoms with van der Waals surface area (Å²) in [6.07, 6.45) is -11.1. The minimum Gasteiger partial charge on any atom is -0.423 e. The van der Waals surface area contributed by atoms with Crippen LogP contribution < -0.4 is 5.46 Å². The number of ether oxygens (including phenoxy) is 1. The Morgan fingerprint density at radius 2 is 1.37 bits per heavy atom. The number of hydrogen-bond acceptors (Lipinski definition) is 3. The SMILES string of the molecule is OB(O)c1cc(F)c(C(F)(F)OC(F)(F)F)c(F)c1. The molecule has 1 aromatic rings. The van der Waals surface area contributed by atoms with Crippen LogP contribution in [0, 0.1) is 11.6 Å². The zero-order chi connectivity index (χ0) is 15.0. The Labute approximate surface area is 101 Å². The Hall–Kier alpha value is -1.33. The molecule has 3 nitrogen and oxygen atoms in total.